The maximum absolute atomic E-state index is 11.3. The van der Waals surface area contributed by atoms with Crippen molar-refractivity contribution in [1.82, 2.24) is 0 Å². The number of ether oxygens (including phenoxy) is 4. The number of hydrogen-bond acceptors (Lipinski definition) is 5. The normalized spacial score (nSPS) is 18.3. The molecule has 19 heavy (non-hydrogen) atoms. The second-order valence-corrected chi connectivity index (χ2v) is 4.44. The Morgan fingerprint density at radius 3 is 2.58 bits per heavy atom. The largest absolute Gasteiger partial charge is 0.489 e. The lowest BCUT2D eigenvalue weighted by atomic mass is 10.1. The van der Waals surface area contributed by atoms with Crippen molar-refractivity contribution in [3.8, 4) is 17.2 Å². The second-order valence-electron chi connectivity index (χ2n) is 4.44. The standard InChI is InChI=1S/C13H14O6/c14-13(15)9-5-11-12(18-7-17-11)6-10(9)19-8-1-3-16-4-2-8/h5-6,8H,1-4,7H2,(H,14,15). The molecule has 2 aliphatic heterocycles. The van der Waals surface area contributed by atoms with Crippen LogP contribution in [0.1, 0.15) is 23.2 Å². The van der Waals surface area contributed by atoms with Gasteiger partial charge in [-0.3, -0.25) is 0 Å². The van der Waals surface area contributed by atoms with Gasteiger partial charge in [-0.1, -0.05) is 0 Å². The van der Waals surface area contributed by atoms with Crippen LogP contribution in [0.4, 0.5) is 0 Å². The smallest absolute Gasteiger partial charge is 0.339 e. The molecule has 0 spiro atoms. The van der Waals surface area contributed by atoms with Gasteiger partial charge in [0, 0.05) is 25.0 Å². The first kappa shape index (κ1) is 12.1. The zero-order valence-corrected chi connectivity index (χ0v) is 10.3. The van der Waals surface area contributed by atoms with Gasteiger partial charge >= 0.3 is 5.97 Å². The van der Waals surface area contributed by atoms with Crippen LogP contribution in [0, 0.1) is 0 Å². The molecule has 2 aliphatic rings. The van der Waals surface area contributed by atoms with Crippen molar-refractivity contribution < 1.29 is 28.8 Å². The molecule has 6 nitrogen and oxygen atoms in total. The van der Waals surface area contributed by atoms with E-state index in [-0.39, 0.29) is 18.5 Å². The first-order valence-electron chi connectivity index (χ1n) is 6.15. The Kier molecular flexibility index (Phi) is 3.16. The van der Waals surface area contributed by atoms with E-state index in [0.29, 0.717) is 30.5 Å². The van der Waals surface area contributed by atoms with Crippen LogP contribution in [-0.4, -0.2) is 37.2 Å². The van der Waals surface area contributed by atoms with Gasteiger partial charge in [-0.05, 0) is 0 Å². The molecule has 0 radical (unpaired) electrons. The molecule has 0 aromatic heterocycles. The number of carbonyl (C=O) groups is 1. The van der Waals surface area contributed by atoms with Crippen LogP contribution in [0.25, 0.3) is 0 Å². The summed E-state index contributed by atoms with van der Waals surface area (Å²) >= 11 is 0. The summed E-state index contributed by atoms with van der Waals surface area (Å²) in [5, 5.41) is 9.23. The number of aromatic carboxylic acids is 1. The fourth-order valence-electron chi connectivity index (χ4n) is 2.16. The topological polar surface area (TPSA) is 74.2 Å². The number of carboxylic acids is 1. The predicted molar refractivity (Wildman–Crippen MR) is 64.0 cm³/mol. The van der Waals surface area contributed by atoms with Crippen molar-refractivity contribution >= 4 is 5.97 Å². The Bertz CT molecular complexity index is 492. The number of carboxylic acid groups (broad SMARTS) is 1. The lowest BCUT2D eigenvalue weighted by Gasteiger charge is -2.24. The van der Waals surface area contributed by atoms with Crippen molar-refractivity contribution in [2.75, 3.05) is 20.0 Å². The average Bonchev–Trinajstić information content (AvgIpc) is 2.86. The SMILES string of the molecule is O=C(O)c1cc2c(cc1OC1CCOCC1)OCO2. The molecule has 1 N–H and O–H groups in total. The lowest BCUT2D eigenvalue weighted by Crippen LogP contribution is -2.26. The molecule has 0 aliphatic carbocycles. The van der Waals surface area contributed by atoms with E-state index in [2.05, 4.69) is 0 Å². The van der Waals surface area contributed by atoms with Crippen LogP contribution in [0.5, 0.6) is 17.2 Å². The molecule has 0 unspecified atom stereocenters. The zero-order valence-electron chi connectivity index (χ0n) is 10.3. The molecular weight excluding hydrogens is 252 g/mol. The first-order valence-corrected chi connectivity index (χ1v) is 6.15. The van der Waals surface area contributed by atoms with E-state index in [4.69, 9.17) is 18.9 Å². The molecule has 2 heterocycles. The fourth-order valence-corrected chi connectivity index (χ4v) is 2.16. The van der Waals surface area contributed by atoms with Crippen LogP contribution in [0.15, 0.2) is 12.1 Å². The summed E-state index contributed by atoms with van der Waals surface area (Å²) in [5.74, 6) is 0.243. The molecule has 0 atom stereocenters. The van der Waals surface area contributed by atoms with E-state index >= 15 is 0 Å². The number of benzene rings is 1. The minimum atomic E-state index is -1.04. The maximum atomic E-state index is 11.3. The summed E-state index contributed by atoms with van der Waals surface area (Å²) in [4.78, 5) is 11.3. The third kappa shape index (κ3) is 2.44. The fraction of sp³-hybridized carbons (Fsp3) is 0.462. The van der Waals surface area contributed by atoms with Crippen LogP contribution < -0.4 is 14.2 Å². The van der Waals surface area contributed by atoms with E-state index < -0.39 is 5.97 Å². The molecule has 1 aromatic rings. The zero-order chi connectivity index (χ0) is 13.2. The third-order valence-corrected chi connectivity index (χ3v) is 3.17. The van der Waals surface area contributed by atoms with Crippen LogP contribution in [-0.2, 0) is 4.74 Å². The van der Waals surface area contributed by atoms with E-state index in [0.717, 1.165) is 12.8 Å². The summed E-state index contributed by atoms with van der Waals surface area (Å²) in [7, 11) is 0. The van der Waals surface area contributed by atoms with Crippen LogP contribution in [0.2, 0.25) is 0 Å². The van der Waals surface area contributed by atoms with Gasteiger partial charge in [0.2, 0.25) is 6.79 Å². The Morgan fingerprint density at radius 2 is 1.89 bits per heavy atom. The Balaban J connectivity index is 1.87. The van der Waals surface area contributed by atoms with Gasteiger partial charge in [0.25, 0.3) is 0 Å². The maximum Gasteiger partial charge on any atom is 0.339 e. The van der Waals surface area contributed by atoms with Crippen molar-refractivity contribution in [2.24, 2.45) is 0 Å². The van der Waals surface area contributed by atoms with Gasteiger partial charge in [0.05, 0.1) is 13.2 Å². The van der Waals surface area contributed by atoms with E-state index in [1.165, 1.54) is 6.07 Å². The van der Waals surface area contributed by atoms with Gasteiger partial charge in [0.1, 0.15) is 17.4 Å². The van der Waals surface area contributed by atoms with Crippen molar-refractivity contribution in [3.63, 3.8) is 0 Å². The van der Waals surface area contributed by atoms with Gasteiger partial charge < -0.3 is 24.1 Å². The average molecular weight is 266 g/mol. The van der Waals surface area contributed by atoms with E-state index in [1.807, 2.05) is 0 Å². The van der Waals surface area contributed by atoms with Crippen LogP contribution in [0.3, 0.4) is 0 Å². The first-order chi connectivity index (χ1) is 9.24. The van der Waals surface area contributed by atoms with E-state index in [9.17, 15) is 9.90 Å². The second kappa shape index (κ2) is 4.97. The minimum Gasteiger partial charge on any atom is -0.489 e. The van der Waals surface area contributed by atoms with Crippen molar-refractivity contribution in [1.29, 1.82) is 0 Å². The quantitative estimate of drug-likeness (QED) is 0.897. The highest BCUT2D eigenvalue weighted by atomic mass is 16.7. The summed E-state index contributed by atoms with van der Waals surface area (Å²) in [6, 6.07) is 3.03. The highest BCUT2D eigenvalue weighted by molar-refractivity contribution is 5.92. The Labute approximate surface area is 109 Å². The highest BCUT2D eigenvalue weighted by Crippen LogP contribution is 2.38. The molecule has 1 saturated heterocycles. The number of fused-ring (bicyclic) bond motifs is 1. The van der Waals surface area contributed by atoms with Crippen molar-refractivity contribution in [2.45, 2.75) is 18.9 Å². The summed E-state index contributed by atoms with van der Waals surface area (Å²) < 4.78 is 21.4. The molecule has 6 heteroatoms. The Morgan fingerprint density at radius 1 is 1.21 bits per heavy atom. The van der Waals surface area contributed by atoms with Crippen molar-refractivity contribution in [3.05, 3.63) is 17.7 Å². The highest BCUT2D eigenvalue weighted by Gasteiger charge is 2.24. The molecular formula is C13H14O6. The number of rotatable bonds is 3. The molecule has 3 rings (SSSR count). The third-order valence-electron chi connectivity index (χ3n) is 3.17. The Hall–Kier alpha value is -1.95. The summed E-state index contributed by atoms with van der Waals surface area (Å²) in [6.07, 6.45) is 1.49. The molecule has 1 aromatic carbocycles. The molecule has 0 bridgehead atoms. The molecule has 0 amide bonds. The summed E-state index contributed by atoms with van der Waals surface area (Å²) in [6.45, 7) is 1.38. The van der Waals surface area contributed by atoms with Gasteiger partial charge in [-0.25, -0.2) is 4.79 Å². The summed E-state index contributed by atoms with van der Waals surface area (Å²) in [5.41, 5.74) is 0.0933. The number of hydrogen-bond donors (Lipinski definition) is 1. The van der Waals surface area contributed by atoms with E-state index in [1.54, 1.807) is 6.07 Å². The van der Waals surface area contributed by atoms with Crippen LogP contribution >= 0.6 is 0 Å². The lowest BCUT2D eigenvalue weighted by molar-refractivity contribution is 0.0248. The van der Waals surface area contributed by atoms with Gasteiger partial charge in [-0.15, -0.1) is 0 Å². The predicted octanol–water partition coefficient (Wildman–Crippen LogP) is 1.67. The monoisotopic (exact) mass is 266 g/mol. The minimum absolute atomic E-state index is 0.0211. The van der Waals surface area contributed by atoms with Gasteiger partial charge in [-0.2, -0.15) is 0 Å². The molecule has 0 saturated carbocycles. The molecule has 1 fully saturated rings. The molecule has 102 valence electrons. The van der Waals surface area contributed by atoms with Gasteiger partial charge in [0.15, 0.2) is 11.5 Å².